The highest BCUT2D eigenvalue weighted by atomic mass is 32.2. The van der Waals surface area contributed by atoms with Crippen LogP contribution in [0.25, 0.3) is 0 Å². The summed E-state index contributed by atoms with van der Waals surface area (Å²) in [5, 5.41) is 3.05. The van der Waals surface area contributed by atoms with E-state index in [0.717, 1.165) is 22.4 Å². The van der Waals surface area contributed by atoms with E-state index in [1.54, 1.807) is 61.7 Å². The number of ether oxygens (including phenoxy) is 1. The number of carbonyl (C=O) groups excluding carboxylic acids is 1. The molecule has 0 aliphatic rings. The second kappa shape index (κ2) is 10.3. The van der Waals surface area contributed by atoms with Crippen molar-refractivity contribution in [2.24, 2.45) is 0 Å². The number of nitrogens with one attached hydrogen (secondary N) is 1. The zero-order valence-corrected chi connectivity index (χ0v) is 21.3. The molecule has 0 aromatic heterocycles. The van der Waals surface area contributed by atoms with E-state index < -0.39 is 10.0 Å². The van der Waals surface area contributed by atoms with Crippen LogP contribution in [0.4, 0.5) is 5.69 Å². The van der Waals surface area contributed by atoms with Gasteiger partial charge in [-0.25, -0.2) is 8.42 Å². The van der Waals surface area contributed by atoms with E-state index in [9.17, 15) is 13.2 Å². The molecule has 0 bridgehead atoms. The van der Waals surface area contributed by atoms with Gasteiger partial charge in [-0.2, -0.15) is 0 Å². The zero-order valence-electron chi connectivity index (χ0n) is 20.5. The minimum absolute atomic E-state index is 0.192. The maximum atomic E-state index is 13.1. The molecule has 0 heterocycles. The lowest BCUT2D eigenvalue weighted by atomic mass is 9.93. The average Bonchev–Trinajstić information content (AvgIpc) is 2.83. The molecule has 0 unspecified atom stereocenters. The minimum atomic E-state index is -3.74. The smallest absolute Gasteiger partial charge is 0.264 e. The molecule has 1 atom stereocenters. The summed E-state index contributed by atoms with van der Waals surface area (Å²) in [6.45, 7) is 8.14. The lowest BCUT2D eigenvalue weighted by molar-refractivity contribution is 0.0940. The minimum Gasteiger partial charge on any atom is -0.496 e. The van der Waals surface area contributed by atoms with Gasteiger partial charge in [0.2, 0.25) is 0 Å². The van der Waals surface area contributed by atoms with Crippen molar-refractivity contribution in [3.05, 3.63) is 89.0 Å². The maximum Gasteiger partial charge on any atom is 0.264 e. The summed E-state index contributed by atoms with van der Waals surface area (Å²) in [6, 6.07) is 18.7. The second-order valence-electron chi connectivity index (χ2n) is 8.64. The third-order valence-corrected chi connectivity index (χ3v) is 7.73. The van der Waals surface area contributed by atoms with Crippen LogP contribution in [0.2, 0.25) is 0 Å². The first-order chi connectivity index (χ1) is 16.1. The van der Waals surface area contributed by atoms with Gasteiger partial charge in [0, 0.05) is 12.6 Å². The number of sulfonamides is 1. The fourth-order valence-electron chi connectivity index (χ4n) is 3.90. The first kappa shape index (κ1) is 25.3. The highest BCUT2D eigenvalue weighted by Crippen LogP contribution is 2.32. The van der Waals surface area contributed by atoms with Crippen molar-refractivity contribution in [2.75, 3.05) is 18.5 Å². The van der Waals surface area contributed by atoms with Crippen LogP contribution in [0.15, 0.2) is 71.6 Å². The largest absolute Gasteiger partial charge is 0.496 e. The Morgan fingerprint density at radius 3 is 2.24 bits per heavy atom. The number of nitrogens with zero attached hydrogens (tertiary/aromatic N) is 1. The van der Waals surface area contributed by atoms with E-state index in [0.29, 0.717) is 11.3 Å². The maximum absolute atomic E-state index is 13.1. The molecule has 0 aliphatic heterocycles. The number of benzene rings is 3. The second-order valence-corrected chi connectivity index (χ2v) is 10.6. The summed E-state index contributed by atoms with van der Waals surface area (Å²) < 4.78 is 32.6. The Morgan fingerprint density at radius 1 is 0.941 bits per heavy atom. The summed E-state index contributed by atoms with van der Waals surface area (Å²) in [6.07, 6.45) is 0. The first-order valence-electron chi connectivity index (χ1n) is 11.2. The molecule has 7 heteroatoms. The van der Waals surface area contributed by atoms with Crippen molar-refractivity contribution in [1.82, 2.24) is 5.32 Å². The van der Waals surface area contributed by atoms with Gasteiger partial charge in [0.05, 0.1) is 23.7 Å². The van der Waals surface area contributed by atoms with E-state index >= 15 is 0 Å². The van der Waals surface area contributed by atoms with Crippen molar-refractivity contribution >= 4 is 21.6 Å². The Morgan fingerprint density at radius 2 is 1.62 bits per heavy atom. The molecule has 0 spiro atoms. The molecule has 180 valence electrons. The molecule has 0 radical (unpaired) electrons. The Labute approximate surface area is 202 Å². The van der Waals surface area contributed by atoms with Crippen molar-refractivity contribution in [3.63, 3.8) is 0 Å². The van der Waals surface area contributed by atoms with Gasteiger partial charge < -0.3 is 10.1 Å². The van der Waals surface area contributed by atoms with E-state index in [1.165, 1.54) is 11.4 Å². The van der Waals surface area contributed by atoms with E-state index in [2.05, 4.69) is 25.2 Å². The van der Waals surface area contributed by atoms with Gasteiger partial charge >= 0.3 is 0 Å². The lowest BCUT2D eigenvalue weighted by Crippen LogP contribution is -2.29. The zero-order chi connectivity index (χ0) is 25.0. The van der Waals surface area contributed by atoms with Gasteiger partial charge in [-0.15, -0.1) is 0 Å². The van der Waals surface area contributed by atoms with Gasteiger partial charge in [0.25, 0.3) is 15.9 Å². The molecule has 1 N–H and O–H groups in total. The standard InChI is InChI=1S/C27H32N2O4S/c1-18(2)24-17-25(19(3)15-26(24)33-6)20(4)28-27(30)21-11-10-12-22(16-21)29(5)34(31,32)23-13-8-7-9-14-23/h7-18,20H,1-6H3,(H,28,30)/t20-/m1/s1. The number of hydrogen-bond donors (Lipinski definition) is 1. The molecular weight excluding hydrogens is 448 g/mol. The summed E-state index contributed by atoms with van der Waals surface area (Å²) >= 11 is 0. The molecule has 6 nitrogen and oxygen atoms in total. The van der Waals surface area contributed by atoms with Crippen LogP contribution < -0.4 is 14.4 Å². The number of rotatable bonds is 8. The van der Waals surface area contributed by atoms with Crippen molar-refractivity contribution < 1.29 is 17.9 Å². The fourth-order valence-corrected chi connectivity index (χ4v) is 5.11. The van der Waals surface area contributed by atoms with Crippen LogP contribution in [-0.4, -0.2) is 28.5 Å². The molecule has 0 saturated heterocycles. The van der Waals surface area contributed by atoms with E-state index in [1.807, 2.05) is 19.9 Å². The number of carbonyl (C=O) groups is 1. The van der Waals surface area contributed by atoms with Crippen LogP contribution >= 0.6 is 0 Å². The van der Waals surface area contributed by atoms with Crippen molar-refractivity contribution in [1.29, 1.82) is 0 Å². The molecule has 3 aromatic rings. The molecular formula is C27H32N2O4S. The number of amides is 1. The number of hydrogen-bond acceptors (Lipinski definition) is 4. The molecule has 3 aromatic carbocycles. The molecule has 0 saturated carbocycles. The quantitative estimate of drug-likeness (QED) is 0.466. The first-order valence-corrected chi connectivity index (χ1v) is 12.6. The van der Waals surface area contributed by atoms with Gasteiger partial charge in [-0.05, 0) is 78.9 Å². The summed E-state index contributed by atoms with van der Waals surface area (Å²) in [5.74, 6) is 0.835. The molecule has 0 fully saturated rings. The normalized spacial score (nSPS) is 12.3. The average molecular weight is 481 g/mol. The topological polar surface area (TPSA) is 75.7 Å². The third kappa shape index (κ3) is 5.25. The predicted molar refractivity (Wildman–Crippen MR) is 136 cm³/mol. The van der Waals surface area contributed by atoms with E-state index in [-0.39, 0.29) is 22.8 Å². The molecule has 1 amide bonds. The lowest BCUT2D eigenvalue weighted by Gasteiger charge is -2.22. The van der Waals surface area contributed by atoms with Gasteiger partial charge in [-0.1, -0.05) is 38.1 Å². The third-order valence-electron chi connectivity index (χ3n) is 5.93. The summed E-state index contributed by atoms with van der Waals surface area (Å²) in [7, 11) is -0.593. The van der Waals surface area contributed by atoms with Crippen molar-refractivity contribution in [2.45, 2.75) is 44.6 Å². The SMILES string of the molecule is COc1cc(C)c([C@@H](C)NC(=O)c2cccc(N(C)S(=O)(=O)c3ccccc3)c2)cc1C(C)C. The van der Waals surface area contributed by atoms with Gasteiger partial charge in [0.15, 0.2) is 0 Å². The highest BCUT2D eigenvalue weighted by molar-refractivity contribution is 7.92. The molecule has 34 heavy (non-hydrogen) atoms. The Kier molecular flexibility index (Phi) is 7.67. The Balaban J connectivity index is 1.84. The molecule has 0 aliphatic carbocycles. The Bertz CT molecular complexity index is 1270. The van der Waals surface area contributed by atoms with Crippen molar-refractivity contribution in [3.8, 4) is 5.75 Å². The van der Waals surface area contributed by atoms with Crippen LogP contribution in [0.5, 0.6) is 5.75 Å². The van der Waals surface area contributed by atoms with Crippen LogP contribution in [0.3, 0.4) is 0 Å². The molecule has 3 rings (SSSR count). The van der Waals surface area contributed by atoms with Gasteiger partial charge in [0.1, 0.15) is 5.75 Å². The fraction of sp³-hybridized carbons (Fsp3) is 0.296. The summed E-state index contributed by atoms with van der Waals surface area (Å²) in [5.41, 5.74) is 3.91. The van der Waals surface area contributed by atoms with Crippen LogP contribution in [0.1, 0.15) is 59.8 Å². The van der Waals surface area contributed by atoms with Crippen LogP contribution in [0, 0.1) is 6.92 Å². The Hall–Kier alpha value is -3.32. The number of methoxy groups -OCH3 is 1. The van der Waals surface area contributed by atoms with Crippen LogP contribution in [-0.2, 0) is 10.0 Å². The number of aryl methyl sites for hydroxylation is 1. The number of anilines is 1. The monoisotopic (exact) mass is 480 g/mol. The predicted octanol–water partition coefficient (Wildman–Crippen LogP) is 5.44. The van der Waals surface area contributed by atoms with Gasteiger partial charge in [-0.3, -0.25) is 9.10 Å². The van der Waals surface area contributed by atoms with E-state index in [4.69, 9.17) is 4.74 Å². The summed E-state index contributed by atoms with van der Waals surface area (Å²) in [4.78, 5) is 13.3. The highest BCUT2D eigenvalue weighted by Gasteiger charge is 2.22.